The fourth-order valence-electron chi connectivity index (χ4n) is 1.29. The first-order chi connectivity index (χ1) is 8.31. The molecule has 0 fully saturated rings. The predicted octanol–water partition coefficient (Wildman–Crippen LogP) is 1.30. The molecule has 0 aliphatic heterocycles. The number of nitriles is 1. The Balaban J connectivity index is 2.78. The lowest BCUT2D eigenvalue weighted by atomic mass is 10.1. The Morgan fingerprint density at radius 2 is 1.94 bits per heavy atom. The van der Waals surface area contributed by atoms with Crippen molar-refractivity contribution in [3.05, 3.63) is 35.4 Å². The summed E-state index contributed by atoms with van der Waals surface area (Å²) >= 11 is 0. The highest BCUT2D eigenvalue weighted by atomic mass is 32.2. The molecule has 5 nitrogen and oxygen atoms in total. The number of hydrogen-bond donors (Lipinski definition) is 0. The summed E-state index contributed by atoms with van der Waals surface area (Å²) < 4.78 is 27.0. The van der Waals surface area contributed by atoms with Crippen LogP contribution < -0.4 is 0 Å². The highest BCUT2D eigenvalue weighted by Crippen LogP contribution is 2.09. The molecule has 0 spiro atoms. The first-order valence-corrected chi connectivity index (χ1v) is 7.25. The zero-order chi connectivity index (χ0) is 13.8. The molecule has 0 radical (unpaired) electrons. The van der Waals surface area contributed by atoms with Gasteiger partial charge in [0.2, 0.25) is 0 Å². The van der Waals surface area contributed by atoms with Crippen LogP contribution in [0.5, 0.6) is 0 Å². The maximum Gasteiger partial charge on any atom is 0.339 e. The Bertz CT molecular complexity index is 569. The molecule has 18 heavy (non-hydrogen) atoms. The van der Waals surface area contributed by atoms with Crippen LogP contribution in [0.1, 0.15) is 22.8 Å². The first-order valence-electron chi connectivity index (χ1n) is 5.19. The minimum atomic E-state index is -3.09. The number of sulfone groups is 1. The van der Waals surface area contributed by atoms with Crippen LogP contribution in [0, 0.1) is 11.3 Å². The number of ether oxygens (including phenoxy) is 1. The number of rotatable bonds is 4. The number of carbonyl (C=O) groups excluding carboxylic acids is 1. The van der Waals surface area contributed by atoms with Gasteiger partial charge < -0.3 is 4.74 Å². The molecule has 0 saturated heterocycles. The maximum absolute atomic E-state index is 11.5. The van der Waals surface area contributed by atoms with E-state index in [9.17, 15) is 13.2 Å². The van der Waals surface area contributed by atoms with Gasteiger partial charge in [-0.2, -0.15) is 5.26 Å². The zero-order valence-electron chi connectivity index (χ0n) is 10.1. The Morgan fingerprint density at radius 1 is 1.39 bits per heavy atom. The van der Waals surface area contributed by atoms with Crippen LogP contribution in [0.2, 0.25) is 0 Å². The average Bonchev–Trinajstić information content (AvgIpc) is 2.27. The van der Waals surface area contributed by atoms with Gasteiger partial charge in [-0.05, 0) is 24.6 Å². The fourth-order valence-corrected chi connectivity index (χ4v) is 2.09. The maximum atomic E-state index is 11.5. The normalized spacial score (nSPS) is 12.5. The lowest BCUT2D eigenvalue weighted by molar-refractivity contribution is 0.0435. The largest absolute Gasteiger partial charge is 0.444 e. The van der Waals surface area contributed by atoms with Crippen molar-refractivity contribution in [2.24, 2.45) is 0 Å². The van der Waals surface area contributed by atoms with Crippen molar-refractivity contribution in [3.8, 4) is 6.07 Å². The number of esters is 1. The molecule has 1 rings (SSSR count). The Labute approximate surface area is 106 Å². The van der Waals surface area contributed by atoms with E-state index in [-0.39, 0.29) is 11.3 Å². The highest BCUT2D eigenvalue weighted by molar-refractivity contribution is 7.89. The standard InChI is InChI=1S/C12H13NO4S/c1-9(7-13)17-12(14)11-5-3-10(4-6-11)8-18(2,15)16/h3-6,9H,8H2,1-2H3/t9-/m1/s1. The third kappa shape index (κ3) is 4.55. The van der Waals surface area contributed by atoms with Gasteiger partial charge in [0.15, 0.2) is 15.9 Å². The Morgan fingerprint density at radius 3 is 2.39 bits per heavy atom. The van der Waals surface area contributed by atoms with E-state index in [1.54, 1.807) is 18.2 Å². The molecular formula is C12H13NO4S. The van der Waals surface area contributed by atoms with Gasteiger partial charge in [-0.3, -0.25) is 0 Å². The lowest BCUT2D eigenvalue weighted by Crippen LogP contribution is -2.13. The number of benzene rings is 1. The minimum Gasteiger partial charge on any atom is -0.444 e. The summed E-state index contributed by atoms with van der Waals surface area (Å²) in [4.78, 5) is 11.5. The highest BCUT2D eigenvalue weighted by Gasteiger charge is 2.11. The quantitative estimate of drug-likeness (QED) is 0.768. The SMILES string of the molecule is C[C@H](C#N)OC(=O)c1ccc(CS(C)(=O)=O)cc1. The van der Waals surface area contributed by atoms with E-state index >= 15 is 0 Å². The van der Waals surface area contributed by atoms with Crippen molar-refractivity contribution in [3.63, 3.8) is 0 Å². The van der Waals surface area contributed by atoms with E-state index in [0.717, 1.165) is 6.26 Å². The van der Waals surface area contributed by atoms with Gasteiger partial charge in [0.25, 0.3) is 0 Å². The molecule has 6 heteroatoms. The molecule has 0 heterocycles. The van der Waals surface area contributed by atoms with Gasteiger partial charge in [-0.25, -0.2) is 13.2 Å². The van der Waals surface area contributed by atoms with Crippen LogP contribution in [-0.4, -0.2) is 26.7 Å². The molecule has 0 N–H and O–H groups in total. The van der Waals surface area contributed by atoms with Crippen LogP contribution in [0.4, 0.5) is 0 Å². The molecular weight excluding hydrogens is 254 g/mol. The minimum absolute atomic E-state index is 0.0725. The van der Waals surface area contributed by atoms with Crippen molar-refractivity contribution >= 4 is 15.8 Å². The van der Waals surface area contributed by atoms with Crippen LogP contribution in [0.25, 0.3) is 0 Å². The Kier molecular flexibility index (Phi) is 4.45. The van der Waals surface area contributed by atoms with Crippen LogP contribution >= 0.6 is 0 Å². The molecule has 96 valence electrons. The third-order valence-corrected chi connectivity index (χ3v) is 2.94. The van der Waals surface area contributed by atoms with Gasteiger partial charge >= 0.3 is 5.97 Å². The van der Waals surface area contributed by atoms with Gasteiger partial charge in [-0.15, -0.1) is 0 Å². The van der Waals surface area contributed by atoms with Crippen molar-refractivity contribution in [1.82, 2.24) is 0 Å². The summed E-state index contributed by atoms with van der Waals surface area (Å²) in [5.74, 6) is -0.674. The Hall–Kier alpha value is -1.87. The van der Waals surface area contributed by atoms with E-state index in [2.05, 4.69) is 0 Å². The molecule has 0 aliphatic carbocycles. The van der Waals surface area contributed by atoms with Gasteiger partial charge in [0.05, 0.1) is 11.3 Å². The summed E-state index contributed by atoms with van der Waals surface area (Å²) in [6.45, 7) is 1.47. The summed E-state index contributed by atoms with van der Waals surface area (Å²) in [7, 11) is -3.09. The second-order valence-electron chi connectivity index (χ2n) is 3.94. The van der Waals surface area contributed by atoms with E-state index in [0.29, 0.717) is 5.56 Å². The van der Waals surface area contributed by atoms with Gasteiger partial charge in [0, 0.05) is 6.26 Å². The summed E-state index contributed by atoms with van der Waals surface area (Å²) in [6, 6.07) is 7.84. The second-order valence-corrected chi connectivity index (χ2v) is 6.08. The molecule has 1 atom stereocenters. The average molecular weight is 267 g/mol. The van der Waals surface area contributed by atoms with E-state index in [1.807, 2.05) is 0 Å². The summed E-state index contributed by atoms with van der Waals surface area (Å²) in [5.41, 5.74) is 0.886. The van der Waals surface area contributed by atoms with Crippen molar-refractivity contribution in [2.75, 3.05) is 6.26 Å². The number of nitrogens with zero attached hydrogens (tertiary/aromatic N) is 1. The molecule has 0 amide bonds. The van der Waals surface area contributed by atoms with Crippen molar-refractivity contribution in [1.29, 1.82) is 5.26 Å². The van der Waals surface area contributed by atoms with Crippen LogP contribution in [0.3, 0.4) is 0 Å². The van der Waals surface area contributed by atoms with Crippen molar-refractivity contribution < 1.29 is 17.9 Å². The second kappa shape index (κ2) is 5.65. The molecule has 0 aliphatic rings. The van der Waals surface area contributed by atoms with Gasteiger partial charge in [0.1, 0.15) is 6.07 Å². The molecule has 1 aromatic carbocycles. The number of hydrogen-bond acceptors (Lipinski definition) is 5. The first kappa shape index (κ1) is 14.2. The number of carbonyl (C=O) groups is 1. The summed E-state index contributed by atoms with van der Waals surface area (Å²) in [6.07, 6.45) is 0.331. The predicted molar refractivity (Wildman–Crippen MR) is 65.5 cm³/mol. The molecule has 0 aromatic heterocycles. The van der Waals surface area contributed by atoms with Crippen molar-refractivity contribution in [2.45, 2.75) is 18.8 Å². The van der Waals surface area contributed by atoms with E-state index < -0.39 is 21.9 Å². The molecule has 0 bridgehead atoms. The monoisotopic (exact) mass is 267 g/mol. The summed E-state index contributed by atoms with van der Waals surface area (Å²) in [5, 5.41) is 8.51. The topological polar surface area (TPSA) is 84.2 Å². The van der Waals surface area contributed by atoms with Gasteiger partial charge in [-0.1, -0.05) is 12.1 Å². The molecule has 0 saturated carbocycles. The van der Waals surface area contributed by atoms with E-state index in [4.69, 9.17) is 10.00 Å². The fraction of sp³-hybridized carbons (Fsp3) is 0.333. The lowest BCUT2D eigenvalue weighted by Gasteiger charge is -2.06. The van der Waals surface area contributed by atoms with Crippen LogP contribution in [0.15, 0.2) is 24.3 Å². The zero-order valence-corrected chi connectivity index (χ0v) is 10.9. The van der Waals surface area contributed by atoms with E-state index in [1.165, 1.54) is 19.1 Å². The molecule has 1 aromatic rings. The van der Waals surface area contributed by atoms with Crippen LogP contribution in [-0.2, 0) is 20.3 Å². The molecule has 0 unspecified atom stereocenters. The smallest absolute Gasteiger partial charge is 0.339 e. The third-order valence-electron chi connectivity index (χ3n) is 2.08.